The van der Waals surface area contributed by atoms with Crippen LogP contribution in [0.25, 0.3) is 11.1 Å². The number of benzene rings is 2. The largest absolute Gasteiger partial charge is 0.467 e. The minimum atomic E-state index is -0.898. The highest BCUT2D eigenvalue weighted by atomic mass is 35.5. The van der Waals surface area contributed by atoms with Crippen LogP contribution in [-0.2, 0) is 16.0 Å². The number of amides is 3. The molecule has 0 unspecified atom stereocenters. The van der Waals surface area contributed by atoms with Gasteiger partial charge in [-0.1, -0.05) is 41.4 Å². The van der Waals surface area contributed by atoms with Crippen LogP contribution in [0.15, 0.2) is 36.4 Å². The monoisotopic (exact) mass is 574 g/mol. The van der Waals surface area contributed by atoms with Crippen molar-refractivity contribution in [3.05, 3.63) is 57.6 Å². The average molecular weight is 576 g/mol. The summed E-state index contributed by atoms with van der Waals surface area (Å²) in [4.78, 5) is 42.1. The van der Waals surface area contributed by atoms with E-state index in [1.54, 1.807) is 24.1 Å². The van der Waals surface area contributed by atoms with Crippen LogP contribution < -0.4 is 10.6 Å². The molecule has 0 atom stereocenters. The van der Waals surface area contributed by atoms with Gasteiger partial charge < -0.3 is 25.2 Å². The molecule has 0 radical (unpaired) electrons. The zero-order chi connectivity index (χ0) is 28.0. The van der Waals surface area contributed by atoms with E-state index in [9.17, 15) is 14.4 Å². The van der Waals surface area contributed by atoms with Crippen molar-refractivity contribution in [1.29, 1.82) is 0 Å². The Bertz CT molecular complexity index is 1210. The lowest BCUT2D eigenvalue weighted by atomic mass is 9.85. The number of hydrogen-bond donors (Lipinski definition) is 2. The van der Waals surface area contributed by atoms with Crippen LogP contribution in [0.3, 0.4) is 0 Å². The van der Waals surface area contributed by atoms with Crippen molar-refractivity contribution in [2.75, 3.05) is 46.9 Å². The zero-order valence-electron chi connectivity index (χ0n) is 22.5. The molecule has 2 saturated heterocycles. The number of hydrogen-bond acceptors (Lipinski definition) is 5. The Morgan fingerprint density at radius 3 is 2.51 bits per heavy atom. The number of ether oxygens (including phenoxy) is 1. The molecule has 2 aromatic rings. The SMILES string of the molecule is CNC(=O)c1cccc(CCCCN2CCC(C(=O)OC)(N3CCCNC3=O)CC2)c1-c1ccc(Cl)c(Cl)c1. The predicted octanol–water partition coefficient (Wildman–Crippen LogP) is 4.77. The van der Waals surface area contributed by atoms with Gasteiger partial charge in [0.2, 0.25) is 0 Å². The normalized spacial score (nSPS) is 17.4. The summed E-state index contributed by atoms with van der Waals surface area (Å²) in [7, 11) is 3.02. The number of aryl methyl sites for hydroxylation is 1. The summed E-state index contributed by atoms with van der Waals surface area (Å²) < 4.78 is 5.15. The summed E-state index contributed by atoms with van der Waals surface area (Å²) in [5, 5.41) is 6.52. The molecule has 210 valence electrons. The van der Waals surface area contributed by atoms with Crippen molar-refractivity contribution in [2.45, 2.75) is 44.1 Å². The Kier molecular flexibility index (Phi) is 9.75. The molecule has 8 nitrogen and oxygen atoms in total. The number of nitrogens with zero attached hydrogens (tertiary/aromatic N) is 2. The van der Waals surface area contributed by atoms with E-state index in [2.05, 4.69) is 21.6 Å². The van der Waals surface area contributed by atoms with Gasteiger partial charge in [-0.2, -0.15) is 0 Å². The summed E-state index contributed by atoms with van der Waals surface area (Å²) in [6.07, 6.45) is 4.62. The Morgan fingerprint density at radius 2 is 1.85 bits per heavy atom. The number of carbonyl (C=O) groups is 3. The van der Waals surface area contributed by atoms with Crippen molar-refractivity contribution in [3.8, 4) is 11.1 Å². The molecule has 0 aliphatic carbocycles. The summed E-state index contributed by atoms with van der Waals surface area (Å²) >= 11 is 12.5. The molecule has 2 aliphatic rings. The van der Waals surface area contributed by atoms with Gasteiger partial charge in [0, 0.05) is 38.8 Å². The lowest BCUT2D eigenvalue weighted by molar-refractivity contribution is -0.157. The number of urea groups is 1. The second kappa shape index (κ2) is 13.0. The molecule has 4 rings (SSSR count). The third-order valence-electron chi connectivity index (χ3n) is 7.85. The molecule has 2 fully saturated rings. The Balaban J connectivity index is 1.40. The fraction of sp³-hybridized carbons (Fsp3) is 0.483. The minimum absolute atomic E-state index is 0.150. The number of halogens is 2. The van der Waals surface area contributed by atoms with Gasteiger partial charge in [-0.3, -0.25) is 4.79 Å². The fourth-order valence-electron chi connectivity index (χ4n) is 5.73. The highest BCUT2D eigenvalue weighted by Crippen LogP contribution is 2.34. The lowest BCUT2D eigenvalue weighted by Gasteiger charge is -2.47. The van der Waals surface area contributed by atoms with Gasteiger partial charge in [0.1, 0.15) is 5.54 Å². The van der Waals surface area contributed by atoms with Crippen LogP contribution in [0, 0.1) is 0 Å². The number of esters is 1. The molecule has 0 spiro atoms. The molecule has 39 heavy (non-hydrogen) atoms. The zero-order valence-corrected chi connectivity index (χ0v) is 24.0. The lowest BCUT2D eigenvalue weighted by Crippen LogP contribution is -2.65. The molecule has 3 amide bonds. The van der Waals surface area contributed by atoms with Gasteiger partial charge in [-0.15, -0.1) is 0 Å². The van der Waals surface area contributed by atoms with E-state index in [0.717, 1.165) is 62.0 Å². The maximum Gasteiger partial charge on any atom is 0.331 e. The van der Waals surface area contributed by atoms with Crippen molar-refractivity contribution in [1.82, 2.24) is 20.4 Å². The predicted molar refractivity (Wildman–Crippen MR) is 153 cm³/mol. The topological polar surface area (TPSA) is 91.0 Å². The van der Waals surface area contributed by atoms with Gasteiger partial charge >= 0.3 is 12.0 Å². The molecular weight excluding hydrogens is 539 g/mol. The number of likely N-dealkylation sites (tertiary alicyclic amines) is 1. The third kappa shape index (κ3) is 6.34. The maximum atomic E-state index is 12.8. The van der Waals surface area contributed by atoms with Gasteiger partial charge in [0.15, 0.2) is 0 Å². The van der Waals surface area contributed by atoms with Crippen molar-refractivity contribution >= 4 is 41.1 Å². The van der Waals surface area contributed by atoms with Crippen LogP contribution in [0.1, 0.15) is 48.0 Å². The second-order valence-corrected chi connectivity index (χ2v) is 10.9. The third-order valence-corrected chi connectivity index (χ3v) is 8.59. The first-order valence-electron chi connectivity index (χ1n) is 13.5. The summed E-state index contributed by atoms with van der Waals surface area (Å²) in [5.74, 6) is -0.479. The standard InChI is InChI=1S/C29H36Cl2N4O4/c1-32-26(36)22-9-5-8-20(25(22)21-10-11-23(30)24(31)19-21)7-3-4-15-34-17-12-29(13-18-34,27(37)39-2)35-16-6-14-33-28(35)38/h5,8-11,19H,3-4,6-7,12-18H2,1-2H3,(H,32,36)(H,33,38). The molecule has 0 saturated carbocycles. The number of unbranched alkanes of at least 4 members (excludes halogenated alkanes) is 1. The summed E-state index contributed by atoms with van der Waals surface area (Å²) in [6.45, 7) is 3.54. The summed E-state index contributed by atoms with van der Waals surface area (Å²) in [6, 6.07) is 11.1. The van der Waals surface area contributed by atoms with E-state index >= 15 is 0 Å². The average Bonchev–Trinajstić information content (AvgIpc) is 2.96. The van der Waals surface area contributed by atoms with E-state index in [4.69, 9.17) is 27.9 Å². The molecular formula is C29H36Cl2N4O4. The minimum Gasteiger partial charge on any atom is -0.467 e. The van der Waals surface area contributed by atoms with E-state index < -0.39 is 5.54 Å². The smallest absolute Gasteiger partial charge is 0.331 e. The van der Waals surface area contributed by atoms with Crippen molar-refractivity contribution in [2.24, 2.45) is 0 Å². The Morgan fingerprint density at radius 1 is 1.08 bits per heavy atom. The van der Waals surface area contributed by atoms with Gasteiger partial charge in [0.25, 0.3) is 5.91 Å². The molecule has 0 aromatic heterocycles. The number of methoxy groups -OCH3 is 1. The first-order valence-corrected chi connectivity index (χ1v) is 14.2. The van der Waals surface area contributed by atoms with Gasteiger partial charge in [0.05, 0.1) is 17.2 Å². The highest BCUT2D eigenvalue weighted by Gasteiger charge is 2.49. The molecule has 2 N–H and O–H groups in total. The maximum absolute atomic E-state index is 12.8. The van der Waals surface area contributed by atoms with Crippen molar-refractivity contribution in [3.63, 3.8) is 0 Å². The molecule has 2 aromatic carbocycles. The molecule has 2 aliphatic heterocycles. The Labute approximate surface area is 240 Å². The first kappa shape index (κ1) is 29.2. The van der Waals surface area contributed by atoms with E-state index in [-0.39, 0.29) is 17.9 Å². The van der Waals surface area contributed by atoms with Crippen molar-refractivity contribution < 1.29 is 19.1 Å². The number of nitrogens with one attached hydrogen (secondary N) is 2. The quantitative estimate of drug-likeness (QED) is 0.332. The molecule has 10 heteroatoms. The second-order valence-electron chi connectivity index (χ2n) is 10.1. The van der Waals surface area contributed by atoms with Crippen LogP contribution in [0.2, 0.25) is 10.0 Å². The number of rotatable bonds is 9. The highest BCUT2D eigenvalue weighted by molar-refractivity contribution is 6.42. The van der Waals surface area contributed by atoms with E-state index in [1.165, 1.54) is 7.11 Å². The van der Waals surface area contributed by atoms with Gasteiger partial charge in [-0.25, -0.2) is 9.59 Å². The molecule has 2 heterocycles. The van der Waals surface area contributed by atoms with E-state index in [1.807, 2.05) is 18.2 Å². The van der Waals surface area contributed by atoms with Crippen LogP contribution in [0.4, 0.5) is 4.79 Å². The van der Waals surface area contributed by atoms with Crippen LogP contribution in [-0.4, -0.2) is 80.1 Å². The number of piperidine rings is 1. The first-order chi connectivity index (χ1) is 18.8. The summed E-state index contributed by atoms with van der Waals surface area (Å²) in [5.41, 5.74) is 2.51. The van der Waals surface area contributed by atoms with Crippen LogP contribution in [0.5, 0.6) is 0 Å². The van der Waals surface area contributed by atoms with Gasteiger partial charge in [-0.05, 0) is 80.0 Å². The van der Waals surface area contributed by atoms with Crippen LogP contribution >= 0.6 is 23.2 Å². The fourth-order valence-corrected chi connectivity index (χ4v) is 6.03. The molecule has 0 bridgehead atoms. The number of carbonyl (C=O) groups excluding carboxylic acids is 3. The van der Waals surface area contributed by atoms with E-state index in [0.29, 0.717) is 41.5 Å². The Hall–Kier alpha value is -2.81.